The Labute approximate surface area is 50.1 Å². The third kappa shape index (κ3) is 2.75. The highest BCUT2D eigenvalue weighted by Crippen LogP contribution is 2.06. The molecule has 0 fully saturated rings. The van der Waals surface area contributed by atoms with Gasteiger partial charge >= 0.3 is 0 Å². The Morgan fingerprint density at radius 2 is 2.25 bits per heavy atom. The van der Waals surface area contributed by atoms with Gasteiger partial charge in [0.2, 0.25) is 0 Å². The van der Waals surface area contributed by atoms with Crippen molar-refractivity contribution in [2.24, 2.45) is 5.73 Å². The summed E-state index contributed by atoms with van der Waals surface area (Å²) in [6, 6.07) is 0. The van der Waals surface area contributed by atoms with Crippen LogP contribution in [0.4, 0.5) is 0 Å². The van der Waals surface area contributed by atoms with E-state index in [0.29, 0.717) is 6.42 Å². The molecule has 0 amide bonds. The van der Waals surface area contributed by atoms with Crippen molar-refractivity contribution >= 4 is 6.29 Å². The Morgan fingerprint density at radius 1 is 1.75 bits per heavy atom. The third-order valence-corrected chi connectivity index (χ3v) is 1.36. The molecule has 2 N–H and O–H groups in total. The Balaban J connectivity index is 3.53. The van der Waals surface area contributed by atoms with Gasteiger partial charge in [-0.2, -0.15) is 0 Å². The number of hydrogen-bond acceptors (Lipinski definition) is 2. The quantitative estimate of drug-likeness (QED) is 0.550. The van der Waals surface area contributed by atoms with Gasteiger partial charge in [0.1, 0.15) is 6.29 Å². The molecule has 2 heteroatoms. The van der Waals surface area contributed by atoms with Crippen LogP contribution in [0.2, 0.25) is 0 Å². The lowest BCUT2D eigenvalue weighted by Gasteiger charge is -2.18. The Hall–Kier alpha value is -0.370. The van der Waals surface area contributed by atoms with Gasteiger partial charge in [-0.25, -0.2) is 0 Å². The highest BCUT2D eigenvalue weighted by Gasteiger charge is 2.13. The van der Waals surface area contributed by atoms with Crippen molar-refractivity contribution < 1.29 is 4.79 Å². The molecule has 48 valence electrons. The van der Waals surface area contributed by atoms with Crippen LogP contribution in [0.25, 0.3) is 0 Å². The minimum atomic E-state index is -0.276. The molecular weight excluding hydrogens is 102 g/mol. The van der Waals surface area contributed by atoms with Gasteiger partial charge in [0.25, 0.3) is 0 Å². The van der Waals surface area contributed by atoms with Crippen LogP contribution in [0.5, 0.6) is 0 Å². The topological polar surface area (TPSA) is 43.1 Å². The van der Waals surface area contributed by atoms with Crippen LogP contribution >= 0.6 is 0 Å². The third-order valence-electron chi connectivity index (χ3n) is 1.36. The predicted molar refractivity (Wildman–Crippen MR) is 33.6 cm³/mol. The molecule has 0 rings (SSSR count). The zero-order chi connectivity index (χ0) is 6.62. The molecule has 0 bridgehead atoms. The summed E-state index contributed by atoms with van der Waals surface area (Å²) < 4.78 is 0. The maximum absolute atomic E-state index is 9.90. The van der Waals surface area contributed by atoms with E-state index in [4.69, 9.17) is 5.73 Å². The molecule has 0 saturated heterocycles. The largest absolute Gasteiger partial charge is 0.325 e. The highest BCUT2D eigenvalue weighted by atomic mass is 16.1. The van der Waals surface area contributed by atoms with Gasteiger partial charge < -0.3 is 10.5 Å². The summed E-state index contributed by atoms with van der Waals surface area (Å²) in [6.07, 6.45) is 2.18. The van der Waals surface area contributed by atoms with Crippen LogP contribution in [0.3, 0.4) is 0 Å². The molecule has 0 saturated carbocycles. The van der Waals surface area contributed by atoms with Crippen LogP contribution in [0, 0.1) is 0 Å². The second-order valence-corrected chi connectivity index (χ2v) is 2.38. The zero-order valence-corrected chi connectivity index (χ0v) is 5.48. The van der Waals surface area contributed by atoms with Gasteiger partial charge in [0, 0.05) is 12.0 Å². The number of aldehydes is 1. The molecule has 0 aliphatic carbocycles. The van der Waals surface area contributed by atoms with Crippen LogP contribution in [0.1, 0.15) is 26.7 Å². The van der Waals surface area contributed by atoms with E-state index >= 15 is 0 Å². The average Bonchev–Trinajstić information content (AvgIpc) is 1.67. The lowest BCUT2D eigenvalue weighted by atomic mass is 9.97. The summed E-state index contributed by atoms with van der Waals surface area (Å²) in [5.41, 5.74) is 5.32. The molecule has 2 nitrogen and oxygen atoms in total. The number of rotatable bonds is 3. The first-order chi connectivity index (χ1) is 3.62. The molecule has 0 aliphatic rings. The fraction of sp³-hybridized carbons (Fsp3) is 0.833. The van der Waals surface area contributed by atoms with Crippen molar-refractivity contribution in [3.63, 3.8) is 0 Å². The monoisotopic (exact) mass is 115 g/mol. The maximum atomic E-state index is 9.90. The first-order valence-corrected chi connectivity index (χ1v) is 2.85. The Morgan fingerprint density at radius 3 is 2.38 bits per heavy atom. The standard InChI is InChI=1S/C6H13NO/c1-3-6(2,7)4-5-8/h5H,3-4,7H2,1-2H3. The van der Waals surface area contributed by atoms with Crippen LogP contribution in [-0.4, -0.2) is 11.8 Å². The van der Waals surface area contributed by atoms with Gasteiger partial charge in [-0.05, 0) is 13.3 Å². The Bertz CT molecular complexity index is 78.6. The summed E-state index contributed by atoms with van der Waals surface area (Å²) in [5.74, 6) is 0. The van der Waals surface area contributed by atoms with Gasteiger partial charge in [0.15, 0.2) is 0 Å². The fourth-order valence-electron chi connectivity index (χ4n) is 0.335. The molecular formula is C6H13NO. The van der Waals surface area contributed by atoms with E-state index < -0.39 is 0 Å². The van der Waals surface area contributed by atoms with E-state index in [1.54, 1.807) is 0 Å². The molecule has 0 aromatic heterocycles. The van der Waals surface area contributed by atoms with Crippen LogP contribution < -0.4 is 5.73 Å². The first-order valence-electron chi connectivity index (χ1n) is 2.85. The van der Waals surface area contributed by atoms with Crippen molar-refractivity contribution in [1.29, 1.82) is 0 Å². The molecule has 8 heavy (non-hydrogen) atoms. The first kappa shape index (κ1) is 7.63. The predicted octanol–water partition coefficient (Wildman–Crippen LogP) is 0.703. The van der Waals surface area contributed by atoms with Gasteiger partial charge in [-0.1, -0.05) is 6.92 Å². The fourth-order valence-corrected chi connectivity index (χ4v) is 0.335. The minimum Gasteiger partial charge on any atom is -0.325 e. The molecule has 0 aromatic rings. The number of carbonyl (C=O) groups is 1. The number of carbonyl (C=O) groups excluding carboxylic acids is 1. The Kier molecular flexibility index (Phi) is 2.69. The normalized spacial score (nSPS) is 17.4. The van der Waals surface area contributed by atoms with E-state index in [2.05, 4.69) is 0 Å². The van der Waals surface area contributed by atoms with Crippen molar-refractivity contribution in [2.75, 3.05) is 0 Å². The van der Waals surface area contributed by atoms with Crippen molar-refractivity contribution in [1.82, 2.24) is 0 Å². The lowest BCUT2D eigenvalue weighted by Crippen LogP contribution is -2.35. The number of hydrogen-bond donors (Lipinski definition) is 1. The minimum absolute atomic E-state index is 0.276. The second kappa shape index (κ2) is 2.82. The van der Waals surface area contributed by atoms with E-state index in [9.17, 15) is 4.79 Å². The summed E-state index contributed by atoms with van der Waals surface area (Å²) in [4.78, 5) is 9.90. The summed E-state index contributed by atoms with van der Waals surface area (Å²) in [6.45, 7) is 3.85. The van der Waals surface area contributed by atoms with Gasteiger partial charge in [0.05, 0.1) is 0 Å². The SMILES string of the molecule is CCC(C)(N)CC=O. The molecule has 0 aliphatic heterocycles. The summed E-state index contributed by atoms with van der Waals surface area (Å²) in [5, 5.41) is 0. The number of nitrogens with two attached hydrogens (primary N) is 1. The molecule has 0 radical (unpaired) electrons. The van der Waals surface area contributed by atoms with Crippen LogP contribution in [-0.2, 0) is 4.79 Å². The van der Waals surface area contributed by atoms with Gasteiger partial charge in [-0.15, -0.1) is 0 Å². The maximum Gasteiger partial charge on any atom is 0.121 e. The summed E-state index contributed by atoms with van der Waals surface area (Å²) in [7, 11) is 0. The molecule has 1 unspecified atom stereocenters. The second-order valence-electron chi connectivity index (χ2n) is 2.38. The zero-order valence-electron chi connectivity index (χ0n) is 5.48. The smallest absolute Gasteiger partial charge is 0.121 e. The molecule has 0 spiro atoms. The van der Waals surface area contributed by atoms with E-state index in [1.807, 2.05) is 13.8 Å². The van der Waals surface area contributed by atoms with E-state index in [0.717, 1.165) is 12.7 Å². The summed E-state index contributed by atoms with van der Waals surface area (Å²) >= 11 is 0. The molecule has 0 heterocycles. The van der Waals surface area contributed by atoms with E-state index in [1.165, 1.54) is 0 Å². The van der Waals surface area contributed by atoms with Crippen molar-refractivity contribution in [2.45, 2.75) is 32.2 Å². The lowest BCUT2D eigenvalue weighted by molar-refractivity contribution is -0.108. The van der Waals surface area contributed by atoms with Gasteiger partial charge in [-0.3, -0.25) is 0 Å². The van der Waals surface area contributed by atoms with Crippen molar-refractivity contribution in [3.8, 4) is 0 Å². The van der Waals surface area contributed by atoms with Crippen LogP contribution in [0.15, 0.2) is 0 Å². The van der Waals surface area contributed by atoms with E-state index in [-0.39, 0.29) is 5.54 Å². The molecule has 1 atom stereocenters. The average molecular weight is 115 g/mol. The van der Waals surface area contributed by atoms with Crippen molar-refractivity contribution in [3.05, 3.63) is 0 Å². The highest BCUT2D eigenvalue weighted by molar-refractivity contribution is 5.51. The molecule has 0 aromatic carbocycles.